The minimum absolute atomic E-state index is 0.0620. The summed E-state index contributed by atoms with van der Waals surface area (Å²) < 4.78 is 5.44. The van der Waals surface area contributed by atoms with Gasteiger partial charge in [0.25, 0.3) is 17.5 Å². The van der Waals surface area contributed by atoms with Crippen molar-refractivity contribution in [2.75, 3.05) is 13.1 Å². The zero-order valence-corrected chi connectivity index (χ0v) is 19.4. The Morgan fingerprint density at radius 3 is 2.50 bits per heavy atom. The Bertz CT molecular complexity index is 952. The summed E-state index contributed by atoms with van der Waals surface area (Å²) in [6.45, 7) is 10.9. The third kappa shape index (κ3) is 7.18. The lowest BCUT2D eigenvalue weighted by Crippen LogP contribution is -2.32. The number of carbonyl (C=O) groups excluding carboxylic acids is 2. The summed E-state index contributed by atoms with van der Waals surface area (Å²) in [6, 6.07) is 4.44. The lowest BCUT2D eigenvalue weighted by atomic mass is 10.1. The summed E-state index contributed by atoms with van der Waals surface area (Å²) >= 11 is 0. The summed E-state index contributed by atoms with van der Waals surface area (Å²) in [4.78, 5) is 41.9. The van der Waals surface area contributed by atoms with Crippen LogP contribution in [-0.4, -0.2) is 39.7 Å². The second kappa shape index (κ2) is 11.4. The minimum Gasteiger partial charge on any atom is -0.446 e. The van der Waals surface area contributed by atoms with E-state index in [2.05, 4.69) is 24.1 Å². The number of nitro benzene ring substituents is 1. The molecule has 0 bridgehead atoms. The van der Waals surface area contributed by atoms with Crippen LogP contribution in [0.15, 0.2) is 28.9 Å². The number of hydrogen-bond donors (Lipinski definition) is 1. The molecule has 0 saturated carbocycles. The number of benzene rings is 1. The summed E-state index contributed by atoms with van der Waals surface area (Å²) in [7, 11) is 0. The van der Waals surface area contributed by atoms with Crippen molar-refractivity contribution in [1.82, 2.24) is 15.2 Å². The van der Waals surface area contributed by atoms with Crippen LogP contribution in [0.4, 0.5) is 5.69 Å². The molecule has 9 nitrogen and oxygen atoms in total. The average Bonchev–Trinajstić information content (AvgIpc) is 3.19. The fraction of sp³-hybridized carbons (Fsp3) is 0.522. The SMILES string of the molecule is Cc1ccc(C(=O)N(CCC(C)C)Cc2nc(C(=O)NCCC(C)C)co2)cc1[N+](=O)[O-]. The molecule has 0 aliphatic carbocycles. The maximum absolute atomic E-state index is 13.1. The highest BCUT2D eigenvalue weighted by Gasteiger charge is 2.22. The van der Waals surface area contributed by atoms with Crippen LogP contribution >= 0.6 is 0 Å². The fourth-order valence-electron chi connectivity index (χ4n) is 3.00. The highest BCUT2D eigenvalue weighted by molar-refractivity contribution is 5.95. The van der Waals surface area contributed by atoms with Gasteiger partial charge in [0.2, 0.25) is 5.89 Å². The standard InChI is InChI=1S/C23H32N4O5/c1-15(2)8-10-24-22(28)19-14-32-21(25-19)13-26(11-9-16(3)4)23(29)18-7-6-17(5)20(12-18)27(30)31/h6-7,12,14-16H,8-11,13H2,1-5H3,(H,24,28). The summed E-state index contributed by atoms with van der Waals surface area (Å²) in [5.74, 6) is 0.383. The van der Waals surface area contributed by atoms with E-state index in [0.717, 1.165) is 12.8 Å². The van der Waals surface area contributed by atoms with E-state index in [1.165, 1.54) is 12.3 Å². The Hall–Kier alpha value is -3.23. The Kier molecular flexibility index (Phi) is 8.92. The average molecular weight is 445 g/mol. The van der Waals surface area contributed by atoms with E-state index >= 15 is 0 Å². The molecule has 2 amide bonds. The van der Waals surface area contributed by atoms with Crippen molar-refractivity contribution in [3.63, 3.8) is 0 Å². The Balaban J connectivity index is 2.17. The maximum atomic E-state index is 13.1. The van der Waals surface area contributed by atoms with Crippen LogP contribution < -0.4 is 5.32 Å². The molecule has 32 heavy (non-hydrogen) atoms. The van der Waals surface area contributed by atoms with Gasteiger partial charge in [-0.15, -0.1) is 0 Å². The topological polar surface area (TPSA) is 119 Å². The molecule has 0 spiro atoms. The van der Waals surface area contributed by atoms with Gasteiger partial charge in [-0.25, -0.2) is 4.98 Å². The highest BCUT2D eigenvalue weighted by atomic mass is 16.6. The van der Waals surface area contributed by atoms with Gasteiger partial charge in [0.05, 0.1) is 11.5 Å². The second-order valence-corrected chi connectivity index (χ2v) is 8.73. The number of carbonyl (C=O) groups is 2. The minimum atomic E-state index is -0.497. The van der Waals surface area contributed by atoms with E-state index in [0.29, 0.717) is 30.5 Å². The van der Waals surface area contributed by atoms with Gasteiger partial charge in [-0.3, -0.25) is 19.7 Å². The molecular weight excluding hydrogens is 412 g/mol. The van der Waals surface area contributed by atoms with E-state index < -0.39 is 4.92 Å². The lowest BCUT2D eigenvalue weighted by Gasteiger charge is -2.22. The first-order chi connectivity index (χ1) is 15.1. The van der Waals surface area contributed by atoms with Crippen molar-refractivity contribution in [1.29, 1.82) is 0 Å². The monoisotopic (exact) mass is 444 g/mol. The van der Waals surface area contributed by atoms with Gasteiger partial charge in [-0.05, 0) is 37.7 Å². The zero-order chi connectivity index (χ0) is 23.8. The van der Waals surface area contributed by atoms with Crippen LogP contribution in [0.1, 0.15) is 72.8 Å². The van der Waals surface area contributed by atoms with Crippen molar-refractivity contribution in [3.8, 4) is 0 Å². The number of nitrogens with zero attached hydrogens (tertiary/aromatic N) is 3. The van der Waals surface area contributed by atoms with Crippen LogP contribution in [0.5, 0.6) is 0 Å². The highest BCUT2D eigenvalue weighted by Crippen LogP contribution is 2.21. The van der Waals surface area contributed by atoms with Gasteiger partial charge in [0.1, 0.15) is 6.26 Å². The number of aryl methyl sites for hydroxylation is 1. The number of amides is 2. The molecule has 0 aliphatic rings. The smallest absolute Gasteiger partial charge is 0.273 e. The Labute approximate surface area is 188 Å². The van der Waals surface area contributed by atoms with E-state index in [1.807, 2.05) is 13.8 Å². The predicted molar refractivity (Wildman–Crippen MR) is 120 cm³/mol. The normalized spacial score (nSPS) is 11.1. The molecule has 0 unspecified atom stereocenters. The molecule has 0 saturated heterocycles. The van der Waals surface area contributed by atoms with Crippen molar-refractivity contribution >= 4 is 17.5 Å². The van der Waals surface area contributed by atoms with Gasteiger partial charge in [-0.2, -0.15) is 0 Å². The molecule has 1 heterocycles. The maximum Gasteiger partial charge on any atom is 0.273 e. The van der Waals surface area contributed by atoms with E-state index in [9.17, 15) is 19.7 Å². The molecule has 1 N–H and O–H groups in total. The largest absolute Gasteiger partial charge is 0.446 e. The van der Waals surface area contributed by atoms with Crippen molar-refractivity contribution in [3.05, 3.63) is 57.3 Å². The van der Waals surface area contributed by atoms with Crippen molar-refractivity contribution in [2.45, 2.75) is 54.0 Å². The summed E-state index contributed by atoms with van der Waals surface area (Å²) in [6.07, 6.45) is 2.88. The van der Waals surface area contributed by atoms with Gasteiger partial charge < -0.3 is 14.6 Å². The molecule has 2 rings (SSSR count). The number of aromatic nitrogens is 1. The van der Waals surface area contributed by atoms with E-state index in [4.69, 9.17) is 4.42 Å². The number of nitro groups is 1. The molecule has 0 aliphatic heterocycles. The molecule has 1 aromatic carbocycles. The molecule has 0 atom stereocenters. The third-order valence-electron chi connectivity index (χ3n) is 5.03. The number of nitrogens with one attached hydrogen (secondary N) is 1. The molecule has 174 valence electrons. The first-order valence-corrected chi connectivity index (χ1v) is 10.8. The van der Waals surface area contributed by atoms with Gasteiger partial charge in [-0.1, -0.05) is 33.8 Å². The van der Waals surface area contributed by atoms with Crippen LogP contribution in [-0.2, 0) is 6.54 Å². The fourth-order valence-corrected chi connectivity index (χ4v) is 3.00. The molecule has 9 heteroatoms. The van der Waals surface area contributed by atoms with E-state index in [1.54, 1.807) is 24.0 Å². The van der Waals surface area contributed by atoms with Gasteiger partial charge in [0, 0.05) is 30.3 Å². The number of hydrogen-bond acceptors (Lipinski definition) is 6. The molecule has 1 aromatic heterocycles. The summed E-state index contributed by atoms with van der Waals surface area (Å²) in [5.41, 5.74) is 0.771. The molecule has 2 aromatic rings. The first kappa shape index (κ1) is 25.0. The number of rotatable bonds is 11. The first-order valence-electron chi connectivity index (χ1n) is 10.8. The summed E-state index contributed by atoms with van der Waals surface area (Å²) in [5, 5.41) is 14.1. The van der Waals surface area contributed by atoms with Gasteiger partial charge in [0.15, 0.2) is 5.69 Å². The number of oxazole rings is 1. The molecular formula is C23H32N4O5. The predicted octanol–water partition coefficient (Wildman–Crippen LogP) is 4.36. The molecule has 0 radical (unpaired) electrons. The Morgan fingerprint density at radius 1 is 1.19 bits per heavy atom. The van der Waals surface area contributed by atoms with Crippen molar-refractivity contribution in [2.24, 2.45) is 11.8 Å². The Morgan fingerprint density at radius 2 is 1.88 bits per heavy atom. The molecule has 0 fully saturated rings. The van der Waals surface area contributed by atoms with Crippen LogP contribution in [0, 0.1) is 28.9 Å². The quantitative estimate of drug-likeness (QED) is 0.406. The lowest BCUT2D eigenvalue weighted by molar-refractivity contribution is -0.385. The third-order valence-corrected chi connectivity index (χ3v) is 5.03. The van der Waals surface area contributed by atoms with Crippen LogP contribution in [0.3, 0.4) is 0 Å². The van der Waals surface area contributed by atoms with E-state index in [-0.39, 0.29) is 41.2 Å². The van der Waals surface area contributed by atoms with Crippen molar-refractivity contribution < 1.29 is 18.9 Å². The zero-order valence-electron chi connectivity index (χ0n) is 19.4. The van der Waals surface area contributed by atoms with Crippen LogP contribution in [0.25, 0.3) is 0 Å². The second-order valence-electron chi connectivity index (χ2n) is 8.73. The van der Waals surface area contributed by atoms with Crippen LogP contribution in [0.2, 0.25) is 0 Å². The van der Waals surface area contributed by atoms with Gasteiger partial charge >= 0.3 is 0 Å².